The Labute approximate surface area is 128 Å². The summed E-state index contributed by atoms with van der Waals surface area (Å²) in [6.07, 6.45) is 4.82. The van der Waals surface area contributed by atoms with Crippen LogP contribution in [-0.2, 0) is 6.61 Å². The van der Waals surface area contributed by atoms with Crippen molar-refractivity contribution in [1.29, 1.82) is 0 Å². The molecular weight excluding hydrogens is 276 g/mol. The number of hydrogen-bond donors (Lipinski definition) is 0. The lowest BCUT2D eigenvalue weighted by Crippen LogP contribution is -1.95. The molecule has 1 heterocycles. The van der Waals surface area contributed by atoms with Crippen LogP contribution in [0.3, 0.4) is 0 Å². The molecule has 0 fully saturated rings. The summed E-state index contributed by atoms with van der Waals surface area (Å²) < 4.78 is 7.31. The van der Waals surface area contributed by atoms with Crippen molar-refractivity contribution in [3.8, 4) is 5.75 Å². The molecular formula is C17H16N4O. The maximum atomic E-state index is 5.77. The highest BCUT2D eigenvalue weighted by atomic mass is 16.5. The summed E-state index contributed by atoms with van der Waals surface area (Å²) in [5.74, 6) is 0.835. The molecule has 0 radical (unpaired) electrons. The van der Waals surface area contributed by atoms with Crippen LogP contribution >= 0.6 is 0 Å². The largest absolute Gasteiger partial charge is 0.489 e. The third-order valence-corrected chi connectivity index (χ3v) is 3.15. The van der Waals surface area contributed by atoms with Crippen molar-refractivity contribution in [1.82, 2.24) is 14.9 Å². The molecule has 0 aliphatic heterocycles. The first-order chi connectivity index (χ1) is 10.8. The Hall–Kier alpha value is -2.95. The third-order valence-electron chi connectivity index (χ3n) is 3.15. The van der Waals surface area contributed by atoms with E-state index in [4.69, 9.17) is 4.74 Å². The van der Waals surface area contributed by atoms with Gasteiger partial charge in [-0.3, -0.25) is 0 Å². The molecule has 0 atom stereocenters. The van der Waals surface area contributed by atoms with E-state index < -0.39 is 0 Å². The van der Waals surface area contributed by atoms with Crippen molar-refractivity contribution in [3.05, 3.63) is 77.9 Å². The van der Waals surface area contributed by atoms with Crippen LogP contribution in [0.15, 0.2) is 66.3 Å². The molecule has 110 valence electrons. The Morgan fingerprint density at radius 3 is 2.36 bits per heavy atom. The van der Waals surface area contributed by atoms with Crippen LogP contribution in [0.1, 0.15) is 16.7 Å². The average molecular weight is 292 g/mol. The molecule has 0 unspecified atom stereocenters. The zero-order valence-electron chi connectivity index (χ0n) is 12.3. The molecule has 0 saturated carbocycles. The maximum Gasteiger partial charge on any atom is 0.141 e. The minimum atomic E-state index is 0.564. The fourth-order valence-corrected chi connectivity index (χ4v) is 1.89. The smallest absolute Gasteiger partial charge is 0.141 e. The van der Waals surface area contributed by atoms with E-state index in [1.165, 1.54) is 18.2 Å². The lowest BCUT2D eigenvalue weighted by atomic mass is 10.2. The molecule has 5 heteroatoms. The van der Waals surface area contributed by atoms with E-state index in [9.17, 15) is 0 Å². The van der Waals surface area contributed by atoms with E-state index in [1.807, 2.05) is 24.3 Å². The second kappa shape index (κ2) is 6.67. The average Bonchev–Trinajstić information content (AvgIpc) is 3.07. The van der Waals surface area contributed by atoms with Crippen LogP contribution in [0, 0.1) is 6.92 Å². The molecule has 0 N–H and O–H groups in total. The number of nitrogens with zero attached hydrogens (tertiary/aromatic N) is 4. The summed E-state index contributed by atoms with van der Waals surface area (Å²) in [7, 11) is 0. The summed E-state index contributed by atoms with van der Waals surface area (Å²) in [5.41, 5.74) is 3.39. The Morgan fingerprint density at radius 1 is 1.00 bits per heavy atom. The molecule has 5 nitrogen and oxygen atoms in total. The van der Waals surface area contributed by atoms with Crippen molar-refractivity contribution < 1.29 is 4.74 Å². The van der Waals surface area contributed by atoms with E-state index in [0.29, 0.717) is 6.61 Å². The molecule has 22 heavy (non-hydrogen) atoms. The molecule has 3 aromatic rings. The molecule has 0 amide bonds. The van der Waals surface area contributed by atoms with E-state index >= 15 is 0 Å². The molecule has 0 spiro atoms. The SMILES string of the molecule is Cc1ccc(COc2ccc(/C=N\n3cnnc3)cc2)cc1. The van der Waals surface area contributed by atoms with Crippen LogP contribution < -0.4 is 4.74 Å². The standard InChI is InChI=1S/C17H16N4O/c1-14-2-4-16(5-3-14)11-22-17-8-6-15(7-9-17)10-20-21-12-18-19-13-21/h2-10,12-13H,11H2,1H3/b20-10-. The highest BCUT2D eigenvalue weighted by Crippen LogP contribution is 2.14. The van der Waals surface area contributed by atoms with E-state index in [-0.39, 0.29) is 0 Å². The van der Waals surface area contributed by atoms with Crippen LogP contribution in [0.4, 0.5) is 0 Å². The predicted molar refractivity (Wildman–Crippen MR) is 85.0 cm³/mol. The van der Waals surface area contributed by atoms with Gasteiger partial charge in [-0.2, -0.15) is 5.10 Å². The van der Waals surface area contributed by atoms with Crippen LogP contribution in [0.5, 0.6) is 5.75 Å². The number of aromatic nitrogens is 3. The summed E-state index contributed by atoms with van der Waals surface area (Å²) in [5, 5.41) is 11.6. The van der Waals surface area contributed by atoms with Gasteiger partial charge in [-0.1, -0.05) is 29.8 Å². The van der Waals surface area contributed by atoms with Crippen molar-refractivity contribution in [2.75, 3.05) is 0 Å². The van der Waals surface area contributed by atoms with E-state index in [0.717, 1.165) is 16.9 Å². The van der Waals surface area contributed by atoms with Gasteiger partial charge in [-0.05, 0) is 42.3 Å². The van der Waals surface area contributed by atoms with Gasteiger partial charge in [0.05, 0.1) is 6.21 Å². The molecule has 3 rings (SSSR count). The zero-order valence-corrected chi connectivity index (χ0v) is 12.3. The first kappa shape index (κ1) is 14.0. The van der Waals surface area contributed by atoms with E-state index in [1.54, 1.807) is 10.9 Å². The number of hydrogen-bond acceptors (Lipinski definition) is 4. The number of benzene rings is 2. The fourth-order valence-electron chi connectivity index (χ4n) is 1.89. The minimum absolute atomic E-state index is 0.564. The monoisotopic (exact) mass is 292 g/mol. The summed E-state index contributed by atoms with van der Waals surface area (Å²) in [6.45, 7) is 2.64. The van der Waals surface area contributed by atoms with Crippen molar-refractivity contribution in [3.63, 3.8) is 0 Å². The molecule has 0 saturated heterocycles. The van der Waals surface area contributed by atoms with Crippen molar-refractivity contribution in [2.24, 2.45) is 5.10 Å². The van der Waals surface area contributed by atoms with Crippen LogP contribution in [-0.4, -0.2) is 21.1 Å². The Morgan fingerprint density at radius 2 is 1.68 bits per heavy atom. The first-order valence-corrected chi connectivity index (χ1v) is 6.97. The molecule has 1 aromatic heterocycles. The second-order valence-corrected chi connectivity index (χ2v) is 4.93. The van der Waals surface area contributed by atoms with Gasteiger partial charge >= 0.3 is 0 Å². The van der Waals surface area contributed by atoms with Gasteiger partial charge in [0.25, 0.3) is 0 Å². The second-order valence-electron chi connectivity index (χ2n) is 4.93. The lowest BCUT2D eigenvalue weighted by molar-refractivity contribution is 0.306. The van der Waals surface area contributed by atoms with Crippen LogP contribution in [0.25, 0.3) is 0 Å². The number of ether oxygens (including phenoxy) is 1. The zero-order chi connectivity index (χ0) is 15.2. The quantitative estimate of drug-likeness (QED) is 0.679. The van der Waals surface area contributed by atoms with Gasteiger partial charge in [0.2, 0.25) is 0 Å². The normalized spacial score (nSPS) is 11.0. The lowest BCUT2D eigenvalue weighted by Gasteiger charge is -2.06. The maximum absolute atomic E-state index is 5.77. The third kappa shape index (κ3) is 3.79. The first-order valence-electron chi connectivity index (χ1n) is 6.97. The summed E-state index contributed by atoms with van der Waals surface area (Å²) in [4.78, 5) is 0. The number of aryl methyl sites for hydroxylation is 1. The van der Waals surface area contributed by atoms with Gasteiger partial charge in [0.1, 0.15) is 25.0 Å². The summed E-state index contributed by atoms with van der Waals surface area (Å²) in [6, 6.07) is 16.1. The van der Waals surface area contributed by atoms with Crippen molar-refractivity contribution in [2.45, 2.75) is 13.5 Å². The minimum Gasteiger partial charge on any atom is -0.489 e. The van der Waals surface area contributed by atoms with Crippen molar-refractivity contribution >= 4 is 6.21 Å². The Kier molecular flexibility index (Phi) is 4.25. The highest BCUT2D eigenvalue weighted by molar-refractivity contribution is 5.79. The fraction of sp³-hybridized carbons (Fsp3) is 0.118. The Bertz CT molecular complexity index is 731. The topological polar surface area (TPSA) is 52.3 Å². The van der Waals surface area contributed by atoms with E-state index in [2.05, 4.69) is 46.5 Å². The van der Waals surface area contributed by atoms with Gasteiger partial charge in [-0.15, -0.1) is 10.2 Å². The van der Waals surface area contributed by atoms with Gasteiger partial charge in [0, 0.05) is 0 Å². The molecule has 2 aromatic carbocycles. The Balaban J connectivity index is 1.58. The van der Waals surface area contributed by atoms with Gasteiger partial charge < -0.3 is 4.74 Å². The number of rotatable bonds is 5. The molecule has 0 bridgehead atoms. The highest BCUT2D eigenvalue weighted by Gasteiger charge is 1.96. The van der Waals surface area contributed by atoms with Gasteiger partial charge in [0.15, 0.2) is 0 Å². The molecule has 0 aliphatic carbocycles. The molecule has 0 aliphatic rings. The van der Waals surface area contributed by atoms with Crippen LogP contribution in [0.2, 0.25) is 0 Å². The summed E-state index contributed by atoms with van der Waals surface area (Å²) >= 11 is 0. The van der Waals surface area contributed by atoms with Gasteiger partial charge in [-0.25, -0.2) is 4.68 Å². The predicted octanol–water partition coefficient (Wildman–Crippen LogP) is 3.05.